The molecule has 2 heterocycles. The van der Waals surface area contributed by atoms with E-state index >= 15 is 0 Å². The van der Waals surface area contributed by atoms with Crippen molar-refractivity contribution in [3.05, 3.63) is 22.7 Å². The van der Waals surface area contributed by atoms with Gasteiger partial charge in [0.25, 0.3) is 0 Å². The van der Waals surface area contributed by atoms with Gasteiger partial charge in [0.2, 0.25) is 0 Å². The van der Waals surface area contributed by atoms with E-state index in [2.05, 4.69) is 52.6 Å². The second-order valence-corrected chi connectivity index (χ2v) is 13.8. The monoisotopic (exact) mass is 422 g/mol. The first-order valence-corrected chi connectivity index (χ1v) is 12.5. The van der Waals surface area contributed by atoms with Crippen LogP contribution in [-0.4, -0.2) is 41.8 Å². The molecule has 1 aliphatic rings. The van der Waals surface area contributed by atoms with Gasteiger partial charge in [-0.25, -0.2) is 4.79 Å². The quantitative estimate of drug-likeness (QED) is 0.617. The Balaban J connectivity index is 2.46. The highest BCUT2D eigenvalue weighted by molar-refractivity contribution is 6.76. The Morgan fingerprint density at radius 3 is 2.41 bits per heavy atom. The lowest BCUT2D eigenvalue weighted by Crippen LogP contribution is -2.51. The predicted molar refractivity (Wildman–Crippen MR) is 113 cm³/mol. The molecule has 1 aliphatic heterocycles. The number of nitriles is 1. The highest BCUT2D eigenvalue weighted by Gasteiger charge is 2.53. The molecule has 0 amide bonds. The van der Waals surface area contributed by atoms with Crippen LogP contribution in [0.25, 0.3) is 0 Å². The van der Waals surface area contributed by atoms with E-state index in [9.17, 15) is 15.2 Å². The number of nitrogen functional groups attached to an aromatic ring is 1. The second kappa shape index (κ2) is 9.39. The van der Waals surface area contributed by atoms with Crippen molar-refractivity contribution in [2.24, 2.45) is 11.8 Å². The van der Waals surface area contributed by atoms with E-state index in [4.69, 9.17) is 14.9 Å². The number of aliphatic hydroxyl groups is 1. The summed E-state index contributed by atoms with van der Waals surface area (Å²) < 4.78 is 14.0. The molecule has 9 heteroatoms. The fourth-order valence-corrected chi connectivity index (χ4v) is 9.37. The highest BCUT2D eigenvalue weighted by Crippen LogP contribution is 2.45. The first-order chi connectivity index (χ1) is 13.6. The SMILES string of the molecule is CC(C)C[Si](O[C@H]1[C@H](C#N)[C@H](n2ccc(N)nc2=O)O[C@@H]1CO)(C(C)C)C(C)C. The van der Waals surface area contributed by atoms with Gasteiger partial charge in [-0.05, 0) is 29.1 Å². The molecule has 0 bridgehead atoms. The van der Waals surface area contributed by atoms with Gasteiger partial charge in [-0.15, -0.1) is 0 Å². The third-order valence-corrected chi connectivity index (χ3v) is 11.9. The summed E-state index contributed by atoms with van der Waals surface area (Å²) >= 11 is 0. The number of hydrogen-bond acceptors (Lipinski definition) is 7. The number of nitrogens with two attached hydrogens (primary N) is 1. The molecule has 4 atom stereocenters. The molecule has 29 heavy (non-hydrogen) atoms. The third kappa shape index (κ3) is 4.72. The zero-order valence-electron chi connectivity index (χ0n) is 18.2. The summed E-state index contributed by atoms with van der Waals surface area (Å²) in [6, 6.07) is 4.70. The minimum absolute atomic E-state index is 0.104. The van der Waals surface area contributed by atoms with Crippen LogP contribution in [0.2, 0.25) is 17.1 Å². The fourth-order valence-electron chi connectivity index (χ4n) is 4.38. The molecule has 8 nitrogen and oxygen atoms in total. The zero-order chi connectivity index (χ0) is 21.9. The van der Waals surface area contributed by atoms with Gasteiger partial charge in [0.15, 0.2) is 14.5 Å². The van der Waals surface area contributed by atoms with Crippen LogP contribution in [0, 0.1) is 23.2 Å². The molecule has 0 spiro atoms. The summed E-state index contributed by atoms with van der Waals surface area (Å²) in [5.41, 5.74) is 5.63. The smallest absolute Gasteiger partial charge is 0.351 e. The van der Waals surface area contributed by atoms with Crippen molar-refractivity contribution < 1.29 is 14.3 Å². The molecule has 0 aliphatic carbocycles. The molecule has 0 aromatic carbocycles. The van der Waals surface area contributed by atoms with E-state index in [-0.39, 0.29) is 12.4 Å². The first kappa shape index (κ1) is 23.5. The Labute approximate surface area is 173 Å². The van der Waals surface area contributed by atoms with Gasteiger partial charge in [-0.1, -0.05) is 41.5 Å². The molecular weight excluding hydrogens is 388 g/mol. The van der Waals surface area contributed by atoms with Gasteiger partial charge in [0, 0.05) is 6.20 Å². The minimum Gasteiger partial charge on any atom is -0.409 e. The Morgan fingerprint density at radius 2 is 1.97 bits per heavy atom. The van der Waals surface area contributed by atoms with E-state index in [0.29, 0.717) is 17.0 Å². The fraction of sp³-hybridized carbons (Fsp3) is 0.750. The molecule has 1 aromatic heterocycles. The summed E-state index contributed by atoms with van der Waals surface area (Å²) in [5.74, 6) is -0.194. The first-order valence-electron chi connectivity index (χ1n) is 10.3. The summed E-state index contributed by atoms with van der Waals surface area (Å²) in [6.07, 6.45) is -0.715. The lowest BCUT2D eigenvalue weighted by Gasteiger charge is -2.43. The van der Waals surface area contributed by atoms with Crippen LogP contribution in [0.15, 0.2) is 17.1 Å². The molecule has 0 radical (unpaired) electrons. The van der Waals surface area contributed by atoms with Gasteiger partial charge in [-0.2, -0.15) is 10.2 Å². The topological polar surface area (TPSA) is 123 Å². The lowest BCUT2D eigenvalue weighted by atomic mass is 10.0. The predicted octanol–water partition coefficient (Wildman–Crippen LogP) is 2.66. The van der Waals surface area contributed by atoms with E-state index < -0.39 is 38.4 Å². The van der Waals surface area contributed by atoms with E-state index in [1.807, 2.05) is 0 Å². The molecule has 1 fully saturated rings. The van der Waals surface area contributed by atoms with Crippen molar-refractivity contribution in [1.29, 1.82) is 5.26 Å². The van der Waals surface area contributed by atoms with Crippen molar-refractivity contribution >= 4 is 14.1 Å². The van der Waals surface area contributed by atoms with Crippen molar-refractivity contribution in [2.75, 3.05) is 12.3 Å². The van der Waals surface area contributed by atoms with Gasteiger partial charge in [0.05, 0.1) is 18.8 Å². The van der Waals surface area contributed by atoms with Crippen LogP contribution in [0.1, 0.15) is 47.8 Å². The Hall–Kier alpha value is -1.73. The average molecular weight is 423 g/mol. The standard InChI is InChI=1S/C20H34N4O4Si/c1-12(2)11-29(13(3)4,14(5)6)28-18-15(9-21)19(27-16(18)10-25)24-8-7-17(22)23-20(24)26/h7-8,12-16,18-19,25H,10-11H2,1-6H3,(H2,22,23,26)/t15-,16+,18-,19+/m0/s1. The average Bonchev–Trinajstić information content (AvgIpc) is 2.97. The normalized spacial score (nSPS) is 25.1. The minimum atomic E-state index is -2.31. The number of aliphatic hydroxyl groups excluding tert-OH is 1. The molecular formula is C20H34N4O4Si. The molecule has 162 valence electrons. The highest BCUT2D eigenvalue weighted by atomic mass is 28.4. The summed E-state index contributed by atoms with van der Waals surface area (Å²) in [4.78, 5) is 16.1. The van der Waals surface area contributed by atoms with Crippen molar-refractivity contribution in [3.8, 4) is 6.07 Å². The maximum atomic E-state index is 12.3. The molecule has 0 unspecified atom stereocenters. The number of ether oxygens (including phenoxy) is 1. The number of rotatable bonds is 8. The summed E-state index contributed by atoms with van der Waals surface area (Å²) in [6.45, 7) is 12.7. The Kier molecular flexibility index (Phi) is 7.62. The number of nitrogens with zero attached hydrogens (tertiary/aromatic N) is 3. The van der Waals surface area contributed by atoms with Gasteiger partial charge in [0.1, 0.15) is 17.8 Å². The Morgan fingerprint density at radius 1 is 1.34 bits per heavy atom. The maximum absolute atomic E-state index is 12.3. The van der Waals surface area contributed by atoms with Crippen LogP contribution in [-0.2, 0) is 9.16 Å². The van der Waals surface area contributed by atoms with Crippen LogP contribution in [0.4, 0.5) is 5.82 Å². The lowest BCUT2D eigenvalue weighted by molar-refractivity contribution is -0.0454. The van der Waals surface area contributed by atoms with Crippen molar-refractivity contribution in [1.82, 2.24) is 9.55 Å². The summed E-state index contributed by atoms with van der Waals surface area (Å²) in [5, 5.41) is 19.9. The second-order valence-electron chi connectivity index (χ2n) is 8.89. The molecule has 2 rings (SSSR count). The zero-order valence-corrected chi connectivity index (χ0v) is 19.2. The van der Waals surface area contributed by atoms with E-state index in [0.717, 1.165) is 6.04 Å². The third-order valence-electron chi connectivity index (χ3n) is 5.83. The van der Waals surface area contributed by atoms with Gasteiger partial charge >= 0.3 is 5.69 Å². The van der Waals surface area contributed by atoms with Crippen LogP contribution in [0.5, 0.6) is 0 Å². The van der Waals surface area contributed by atoms with E-state index in [1.54, 1.807) is 0 Å². The molecule has 0 saturated carbocycles. The molecule has 1 saturated heterocycles. The summed E-state index contributed by atoms with van der Waals surface area (Å²) in [7, 11) is -2.31. The van der Waals surface area contributed by atoms with Crippen molar-refractivity contribution in [3.63, 3.8) is 0 Å². The van der Waals surface area contributed by atoms with E-state index in [1.165, 1.54) is 16.8 Å². The number of hydrogen-bond donors (Lipinski definition) is 2. The van der Waals surface area contributed by atoms with Crippen LogP contribution < -0.4 is 11.4 Å². The van der Waals surface area contributed by atoms with Crippen LogP contribution in [0.3, 0.4) is 0 Å². The molecule has 1 aromatic rings. The largest absolute Gasteiger partial charge is 0.409 e. The van der Waals surface area contributed by atoms with Crippen molar-refractivity contribution in [2.45, 2.75) is 77.1 Å². The number of anilines is 1. The van der Waals surface area contributed by atoms with Gasteiger partial charge < -0.3 is 20.0 Å². The Bertz CT molecular complexity index is 781. The van der Waals surface area contributed by atoms with Crippen LogP contribution >= 0.6 is 0 Å². The molecule has 3 N–H and O–H groups in total. The number of aromatic nitrogens is 2. The van der Waals surface area contributed by atoms with Gasteiger partial charge in [-0.3, -0.25) is 4.57 Å². The maximum Gasteiger partial charge on any atom is 0.351 e.